The van der Waals surface area contributed by atoms with Crippen LogP contribution < -0.4 is 15.6 Å². The van der Waals surface area contributed by atoms with Crippen LogP contribution in [0.25, 0.3) is 22.2 Å². The van der Waals surface area contributed by atoms with Crippen molar-refractivity contribution < 1.29 is 18.7 Å². The predicted octanol–water partition coefficient (Wildman–Crippen LogP) is 4.17. The Kier molecular flexibility index (Phi) is 5.86. The summed E-state index contributed by atoms with van der Waals surface area (Å²) in [4.78, 5) is 26.8. The Balaban J connectivity index is 1.95. The summed E-state index contributed by atoms with van der Waals surface area (Å²) in [5.74, 6) is 0.691. The van der Waals surface area contributed by atoms with Crippen LogP contribution in [0.2, 0.25) is 0 Å². The molecule has 31 heavy (non-hydrogen) atoms. The van der Waals surface area contributed by atoms with Gasteiger partial charge in [0.2, 0.25) is 0 Å². The maximum Gasteiger partial charge on any atom is 0.259 e. The molecule has 0 fully saturated rings. The van der Waals surface area contributed by atoms with Gasteiger partial charge in [-0.3, -0.25) is 9.59 Å². The van der Waals surface area contributed by atoms with Gasteiger partial charge in [0.15, 0.2) is 5.76 Å². The van der Waals surface area contributed by atoms with Gasteiger partial charge in [-0.1, -0.05) is 24.3 Å². The molecule has 0 saturated carbocycles. The number of nitrogens with one attached hydrogen (secondary N) is 1. The molecule has 0 aliphatic heterocycles. The van der Waals surface area contributed by atoms with Gasteiger partial charge in [-0.15, -0.1) is 0 Å². The van der Waals surface area contributed by atoms with E-state index >= 15 is 0 Å². The van der Waals surface area contributed by atoms with Gasteiger partial charge in [0, 0.05) is 36.2 Å². The molecule has 0 atom stereocenters. The number of hydrogen-bond donors (Lipinski definition) is 1. The number of pyridine rings is 1. The number of anilines is 1. The summed E-state index contributed by atoms with van der Waals surface area (Å²) in [7, 11) is 3.13. The number of hydrogen-bond acceptors (Lipinski definition) is 5. The molecule has 1 amide bonds. The number of fused-ring (bicyclic) bond motifs is 1. The van der Waals surface area contributed by atoms with Crippen LogP contribution in [-0.2, 0) is 11.3 Å². The van der Waals surface area contributed by atoms with Crippen LogP contribution in [0.3, 0.4) is 0 Å². The highest BCUT2D eigenvalue weighted by atomic mass is 16.5. The smallest absolute Gasteiger partial charge is 0.259 e. The molecule has 2 aromatic carbocycles. The molecule has 7 nitrogen and oxygen atoms in total. The van der Waals surface area contributed by atoms with Crippen LogP contribution in [0, 0.1) is 0 Å². The minimum Gasteiger partial charge on any atom is -0.497 e. The standard InChI is InChI=1S/C24H22N2O5/c1-29-14-12-26-22(20-11-6-13-31-20)21(18-9-3-4-10-19(18)24(26)28)23(27)25-16-7-5-8-17(15-16)30-2/h3-11,13,15H,12,14H2,1-2H3,(H,25,27). The summed E-state index contributed by atoms with van der Waals surface area (Å²) in [5.41, 5.74) is 1.13. The van der Waals surface area contributed by atoms with E-state index in [0.29, 0.717) is 45.8 Å². The van der Waals surface area contributed by atoms with Crippen molar-refractivity contribution in [2.45, 2.75) is 6.54 Å². The fraction of sp³-hybridized carbons (Fsp3) is 0.167. The largest absolute Gasteiger partial charge is 0.497 e. The normalized spacial score (nSPS) is 10.9. The third-order valence-corrected chi connectivity index (χ3v) is 5.01. The van der Waals surface area contributed by atoms with E-state index in [1.54, 1.807) is 74.9 Å². The zero-order chi connectivity index (χ0) is 21.8. The number of rotatable bonds is 7. The highest BCUT2D eigenvalue weighted by molar-refractivity contribution is 6.16. The van der Waals surface area contributed by atoms with Crippen molar-refractivity contribution in [3.63, 3.8) is 0 Å². The number of carbonyl (C=O) groups is 1. The van der Waals surface area contributed by atoms with Gasteiger partial charge in [0.25, 0.3) is 11.5 Å². The van der Waals surface area contributed by atoms with E-state index < -0.39 is 0 Å². The second-order valence-electron chi connectivity index (χ2n) is 6.88. The number of amides is 1. The van der Waals surface area contributed by atoms with Gasteiger partial charge in [-0.05, 0) is 30.3 Å². The van der Waals surface area contributed by atoms with Crippen molar-refractivity contribution in [2.75, 3.05) is 26.1 Å². The van der Waals surface area contributed by atoms with Crippen molar-refractivity contribution in [2.24, 2.45) is 0 Å². The molecule has 0 saturated heterocycles. The highest BCUT2D eigenvalue weighted by Gasteiger charge is 2.24. The Labute approximate surface area is 178 Å². The Morgan fingerprint density at radius 3 is 2.55 bits per heavy atom. The van der Waals surface area contributed by atoms with Gasteiger partial charge >= 0.3 is 0 Å². The molecule has 0 radical (unpaired) electrons. The minimum absolute atomic E-state index is 0.211. The second-order valence-corrected chi connectivity index (χ2v) is 6.88. The summed E-state index contributed by atoms with van der Waals surface area (Å²) in [5, 5.41) is 3.92. The van der Waals surface area contributed by atoms with Crippen molar-refractivity contribution >= 4 is 22.4 Å². The van der Waals surface area contributed by atoms with Crippen molar-refractivity contribution in [3.8, 4) is 17.2 Å². The third-order valence-electron chi connectivity index (χ3n) is 5.01. The van der Waals surface area contributed by atoms with Crippen LogP contribution in [0.1, 0.15) is 10.4 Å². The Morgan fingerprint density at radius 2 is 1.84 bits per heavy atom. The van der Waals surface area contributed by atoms with Crippen LogP contribution >= 0.6 is 0 Å². The third kappa shape index (κ3) is 3.95. The topological polar surface area (TPSA) is 82.7 Å². The van der Waals surface area contributed by atoms with Crippen molar-refractivity contribution in [3.05, 3.63) is 82.8 Å². The molecule has 0 unspecified atom stereocenters. The molecule has 4 rings (SSSR count). The maximum absolute atomic E-state index is 13.5. The summed E-state index contributed by atoms with van der Waals surface area (Å²) in [6.07, 6.45) is 1.51. The van der Waals surface area contributed by atoms with Crippen LogP contribution in [0.5, 0.6) is 5.75 Å². The summed E-state index contributed by atoms with van der Waals surface area (Å²) in [6, 6.07) is 17.6. The molecule has 2 aromatic heterocycles. The van der Waals surface area contributed by atoms with E-state index in [0.717, 1.165) is 0 Å². The molecular formula is C24H22N2O5. The number of ether oxygens (including phenoxy) is 2. The summed E-state index contributed by atoms with van der Waals surface area (Å²) >= 11 is 0. The molecule has 158 valence electrons. The predicted molar refractivity (Wildman–Crippen MR) is 119 cm³/mol. The van der Waals surface area contributed by atoms with Gasteiger partial charge in [0.05, 0.1) is 25.5 Å². The van der Waals surface area contributed by atoms with Crippen LogP contribution in [0.4, 0.5) is 5.69 Å². The van der Waals surface area contributed by atoms with E-state index in [2.05, 4.69) is 5.32 Å². The zero-order valence-corrected chi connectivity index (χ0v) is 17.3. The molecule has 0 spiro atoms. The fourth-order valence-electron chi connectivity index (χ4n) is 3.59. The Bertz CT molecular complexity index is 1280. The van der Waals surface area contributed by atoms with Crippen LogP contribution in [0.15, 0.2) is 76.1 Å². The lowest BCUT2D eigenvalue weighted by Gasteiger charge is -2.18. The van der Waals surface area contributed by atoms with Crippen molar-refractivity contribution in [1.82, 2.24) is 4.57 Å². The SMILES string of the molecule is COCCn1c(-c2ccco2)c(C(=O)Nc2cccc(OC)c2)c2ccccc2c1=O. The van der Waals surface area contributed by atoms with Crippen LogP contribution in [-0.4, -0.2) is 31.3 Å². The molecule has 2 heterocycles. The van der Waals surface area contributed by atoms with E-state index in [1.165, 1.54) is 10.8 Å². The van der Waals surface area contributed by atoms with Gasteiger partial charge in [0.1, 0.15) is 11.4 Å². The molecule has 1 N–H and O–H groups in total. The average molecular weight is 418 g/mol. The number of methoxy groups -OCH3 is 2. The molecular weight excluding hydrogens is 396 g/mol. The lowest BCUT2D eigenvalue weighted by atomic mass is 10.0. The zero-order valence-electron chi connectivity index (χ0n) is 17.3. The number of benzene rings is 2. The first-order chi connectivity index (χ1) is 15.1. The van der Waals surface area contributed by atoms with Gasteiger partial charge in [-0.25, -0.2) is 0 Å². The average Bonchev–Trinajstić information content (AvgIpc) is 3.33. The molecule has 7 heteroatoms. The Hall–Kier alpha value is -3.84. The summed E-state index contributed by atoms with van der Waals surface area (Å²) in [6.45, 7) is 0.582. The first-order valence-corrected chi connectivity index (χ1v) is 9.77. The first kappa shape index (κ1) is 20.4. The lowest BCUT2D eigenvalue weighted by Crippen LogP contribution is -2.28. The van der Waals surface area contributed by atoms with E-state index in [-0.39, 0.29) is 18.0 Å². The van der Waals surface area contributed by atoms with E-state index in [4.69, 9.17) is 13.9 Å². The number of aromatic nitrogens is 1. The number of furan rings is 1. The second kappa shape index (κ2) is 8.89. The first-order valence-electron chi connectivity index (χ1n) is 9.77. The van der Waals surface area contributed by atoms with Gasteiger partial charge < -0.3 is 23.8 Å². The van der Waals surface area contributed by atoms with Gasteiger partial charge in [-0.2, -0.15) is 0 Å². The highest BCUT2D eigenvalue weighted by Crippen LogP contribution is 2.30. The lowest BCUT2D eigenvalue weighted by molar-refractivity contribution is 0.102. The van der Waals surface area contributed by atoms with Crippen molar-refractivity contribution in [1.29, 1.82) is 0 Å². The fourth-order valence-corrected chi connectivity index (χ4v) is 3.59. The molecule has 0 aliphatic carbocycles. The number of carbonyl (C=O) groups excluding carboxylic acids is 1. The quantitative estimate of drug-likeness (QED) is 0.487. The van der Waals surface area contributed by atoms with E-state index in [9.17, 15) is 9.59 Å². The number of nitrogens with zero attached hydrogens (tertiary/aromatic N) is 1. The molecule has 0 bridgehead atoms. The van der Waals surface area contributed by atoms with E-state index in [1.807, 2.05) is 0 Å². The monoisotopic (exact) mass is 418 g/mol. The molecule has 0 aliphatic rings. The maximum atomic E-state index is 13.5. The Morgan fingerprint density at radius 1 is 1.03 bits per heavy atom. The summed E-state index contributed by atoms with van der Waals surface area (Å²) < 4.78 is 17.6. The minimum atomic E-state index is -0.359. The molecule has 4 aromatic rings.